The summed E-state index contributed by atoms with van der Waals surface area (Å²) in [5, 5.41) is 6.63. The van der Waals surface area contributed by atoms with E-state index in [-0.39, 0.29) is 35.5 Å². The lowest BCUT2D eigenvalue weighted by Crippen LogP contribution is -2.57. The summed E-state index contributed by atoms with van der Waals surface area (Å²) < 4.78 is 70.1. The highest BCUT2D eigenvalue weighted by atomic mass is 35.5. The number of alkyl halides is 2. The van der Waals surface area contributed by atoms with Crippen molar-refractivity contribution in [2.24, 2.45) is 5.73 Å². The number of hydrogen-bond acceptors (Lipinski definition) is 6. The third kappa shape index (κ3) is 7.26. The lowest BCUT2D eigenvalue weighted by molar-refractivity contribution is -0.117. The van der Waals surface area contributed by atoms with E-state index in [0.29, 0.717) is 42.1 Å². The number of benzene rings is 2. The van der Waals surface area contributed by atoms with Crippen molar-refractivity contribution in [3.05, 3.63) is 94.0 Å². The topological polar surface area (TPSA) is 117 Å². The summed E-state index contributed by atoms with van der Waals surface area (Å²) in [7, 11) is -3.41. The van der Waals surface area contributed by atoms with Gasteiger partial charge in [-0.15, -0.1) is 0 Å². The number of nitrogens with one attached hydrogen (secondary N) is 2. The van der Waals surface area contributed by atoms with Crippen molar-refractivity contribution in [1.82, 2.24) is 14.6 Å². The second-order valence-corrected chi connectivity index (χ2v) is 14.0. The van der Waals surface area contributed by atoms with E-state index >= 15 is 4.39 Å². The molecule has 0 radical (unpaired) electrons. The average molecular weight is 650 g/mol. The van der Waals surface area contributed by atoms with Crippen LogP contribution < -0.4 is 16.4 Å². The summed E-state index contributed by atoms with van der Waals surface area (Å²) in [5.74, 6) is -5.00. The Balaban J connectivity index is 1.37. The molecule has 0 aliphatic carbocycles. The zero-order valence-corrected chi connectivity index (χ0v) is 25.7. The Morgan fingerprint density at radius 2 is 1.91 bits per heavy atom. The Bertz CT molecular complexity index is 1590. The van der Waals surface area contributed by atoms with Crippen molar-refractivity contribution in [2.45, 2.75) is 62.6 Å². The number of piperazine rings is 1. The zero-order chi connectivity index (χ0) is 31.6. The second-order valence-electron chi connectivity index (χ2n) is 11.5. The third-order valence-electron chi connectivity index (χ3n) is 8.35. The average Bonchev–Trinajstić information content (AvgIpc) is 3.09. The number of pyridine rings is 1. The molecule has 2 aliphatic rings. The van der Waals surface area contributed by atoms with Crippen LogP contribution in [0.1, 0.15) is 54.5 Å². The summed E-state index contributed by atoms with van der Waals surface area (Å²) >= 11 is 6.07. The molecular weight excluding hydrogens is 615 g/mol. The van der Waals surface area contributed by atoms with Crippen LogP contribution in [-0.4, -0.2) is 60.6 Å². The lowest BCUT2D eigenvalue weighted by atomic mass is 9.85. The van der Waals surface area contributed by atoms with Gasteiger partial charge in [0.1, 0.15) is 11.5 Å². The first-order valence-corrected chi connectivity index (χ1v) is 16.5. The van der Waals surface area contributed by atoms with E-state index < -0.39 is 45.3 Å². The van der Waals surface area contributed by atoms with Gasteiger partial charge in [0.25, 0.3) is 5.92 Å². The number of fused-ring (bicyclic) bond motifs is 2. The van der Waals surface area contributed by atoms with Crippen LogP contribution in [0.15, 0.2) is 60.8 Å². The monoisotopic (exact) mass is 649 g/mol. The highest BCUT2D eigenvalue weighted by Crippen LogP contribution is 2.32. The molecule has 2 aromatic carbocycles. The fourth-order valence-electron chi connectivity index (χ4n) is 5.98. The predicted molar refractivity (Wildman–Crippen MR) is 164 cm³/mol. The van der Waals surface area contributed by atoms with Crippen molar-refractivity contribution in [1.29, 1.82) is 0 Å². The number of anilines is 1. The fourth-order valence-corrected chi connectivity index (χ4v) is 7.91. The summed E-state index contributed by atoms with van der Waals surface area (Å²) in [4.78, 5) is 17.5. The predicted octanol–water partition coefficient (Wildman–Crippen LogP) is 4.78. The number of nitrogens with zero attached hydrogens (tertiary/aromatic N) is 2. The van der Waals surface area contributed by atoms with E-state index in [9.17, 15) is 22.0 Å². The SMILES string of the molecule is CC(F)(F)c1ccc([C@H](c2ccc(Cl)cc2)[C@H](N)C(=O)Nc2cccc(F)c2CCC2CN[C@@H]3CCCS(=O)(=O)N2C3)cn1. The Morgan fingerprint density at radius 3 is 2.59 bits per heavy atom. The number of amides is 1. The molecule has 236 valence electrons. The Kier molecular flexibility index (Phi) is 9.66. The van der Waals surface area contributed by atoms with Crippen molar-refractivity contribution >= 4 is 33.2 Å². The first-order valence-electron chi connectivity index (χ1n) is 14.5. The number of rotatable bonds is 9. The number of carbonyl (C=O) groups is 1. The number of hydrogen-bond donors (Lipinski definition) is 3. The number of carbonyl (C=O) groups excluding carboxylic acids is 1. The fraction of sp³-hybridized carbons (Fsp3) is 0.419. The van der Waals surface area contributed by atoms with Gasteiger partial charge in [-0.2, -0.15) is 13.1 Å². The largest absolute Gasteiger partial charge is 0.324 e. The molecule has 1 amide bonds. The first-order chi connectivity index (χ1) is 20.8. The number of sulfonamides is 1. The molecule has 8 nitrogen and oxygen atoms in total. The van der Waals surface area contributed by atoms with Gasteiger partial charge in [0, 0.05) is 60.5 Å². The van der Waals surface area contributed by atoms with E-state index in [4.69, 9.17) is 17.3 Å². The van der Waals surface area contributed by atoms with Gasteiger partial charge in [-0.3, -0.25) is 9.78 Å². The maximum Gasteiger partial charge on any atom is 0.286 e. The Morgan fingerprint density at radius 1 is 1.18 bits per heavy atom. The molecule has 3 aromatic rings. The third-order valence-corrected chi connectivity index (χ3v) is 10.6. The van der Waals surface area contributed by atoms with Gasteiger partial charge in [-0.25, -0.2) is 12.8 Å². The van der Waals surface area contributed by atoms with E-state index in [1.54, 1.807) is 34.6 Å². The minimum atomic E-state index is -3.41. The van der Waals surface area contributed by atoms with Crippen LogP contribution in [0.2, 0.25) is 5.02 Å². The highest BCUT2D eigenvalue weighted by molar-refractivity contribution is 7.89. The van der Waals surface area contributed by atoms with Crippen LogP contribution in [0.4, 0.5) is 18.9 Å². The van der Waals surface area contributed by atoms with Gasteiger partial charge < -0.3 is 16.4 Å². The van der Waals surface area contributed by atoms with Gasteiger partial charge in [0.15, 0.2) is 0 Å². The molecule has 5 rings (SSSR count). The molecule has 2 saturated heterocycles. The molecule has 2 bridgehead atoms. The van der Waals surface area contributed by atoms with Gasteiger partial charge >= 0.3 is 0 Å². The first kappa shape index (κ1) is 32.4. The van der Waals surface area contributed by atoms with Crippen LogP contribution in [0.25, 0.3) is 0 Å². The van der Waals surface area contributed by atoms with Crippen LogP contribution in [-0.2, 0) is 27.2 Å². The molecule has 0 saturated carbocycles. The van der Waals surface area contributed by atoms with Gasteiger partial charge in [-0.1, -0.05) is 35.9 Å². The Labute approximate surface area is 260 Å². The maximum absolute atomic E-state index is 15.2. The van der Waals surface area contributed by atoms with Crippen LogP contribution >= 0.6 is 11.6 Å². The van der Waals surface area contributed by atoms with E-state index in [0.717, 1.165) is 13.3 Å². The van der Waals surface area contributed by atoms with Crippen molar-refractivity contribution in [3.63, 3.8) is 0 Å². The molecule has 0 spiro atoms. The summed E-state index contributed by atoms with van der Waals surface area (Å²) in [6.07, 6.45) is 3.18. The molecule has 13 heteroatoms. The standard InChI is InChI=1S/C31H35ClF3N5O3S/c1-31(34,35)27-14-9-20(16-38-27)28(19-7-10-21(32)11-8-19)29(36)30(41)39-26-6-2-5-25(33)24(26)13-12-23-17-37-22-4-3-15-44(42,43)40(23)18-22/h2,5-11,14,16,22-23,28-29,37H,3-4,12-13,15,17-18,36H2,1H3,(H,39,41)/t22-,23?,28+,29+/m1/s1. The summed E-state index contributed by atoms with van der Waals surface area (Å²) in [5.41, 5.74) is 7.60. The van der Waals surface area contributed by atoms with Crippen molar-refractivity contribution < 1.29 is 26.4 Å². The summed E-state index contributed by atoms with van der Waals surface area (Å²) in [6, 6.07) is 12.2. The van der Waals surface area contributed by atoms with Gasteiger partial charge in [0.05, 0.1) is 11.8 Å². The van der Waals surface area contributed by atoms with Crippen LogP contribution in [0.5, 0.6) is 0 Å². The zero-order valence-electron chi connectivity index (χ0n) is 24.1. The minimum absolute atomic E-state index is 0.0917. The Hall–Kier alpha value is -3.03. The number of aromatic nitrogens is 1. The number of halogens is 4. The van der Waals surface area contributed by atoms with E-state index in [2.05, 4.69) is 15.6 Å². The molecule has 44 heavy (non-hydrogen) atoms. The van der Waals surface area contributed by atoms with E-state index in [1.807, 2.05) is 0 Å². The smallest absolute Gasteiger partial charge is 0.286 e. The van der Waals surface area contributed by atoms with Gasteiger partial charge in [0.2, 0.25) is 15.9 Å². The number of nitrogens with two attached hydrogens (primary N) is 1. The van der Waals surface area contributed by atoms with E-state index in [1.165, 1.54) is 30.5 Å². The van der Waals surface area contributed by atoms with Crippen molar-refractivity contribution in [3.8, 4) is 0 Å². The van der Waals surface area contributed by atoms with Crippen LogP contribution in [0, 0.1) is 5.82 Å². The molecule has 2 aliphatic heterocycles. The maximum atomic E-state index is 15.2. The quantitative estimate of drug-likeness (QED) is 0.307. The second kappa shape index (κ2) is 13.1. The highest BCUT2D eigenvalue weighted by Gasteiger charge is 2.38. The van der Waals surface area contributed by atoms with Crippen molar-refractivity contribution in [2.75, 3.05) is 24.2 Å². The molecular formula is C31H35ClF3N5O3S. The molecule has 4 N–H and O–H groups in total. The normalized spacial score (nSPS) is 22.9. The summed E-state index contributed by atoms with van der Waals surface area (Å²) in [6.45, 7) is 1.60. The molecule has 2 fully saturated rings. The lowest BCUT2D eigenvalue weighted by Gasteiger charge is -2.37. The molecule has 5 atom stereocenters. The molecule has 2 unspecified atom stereocenters. The van der Waals surface area contributed by atoms with Crippen LogP contribution in [0.3, 0.4) is 0 Å². The minimum Gasteiger partial charge on any atom is -0.324 e. The molecule has 1 aromatic heterocycles. The molecule has 3 heterocycles. The van der Waals surface area contributed by atoms with Gasteiger partial charge in [-0.05, 0) is 67.1 Å².